The Morgan fingerprint density at radius 2 is 1.61 bits per heavy atom. The molecule has 0 amide bonds. The third-order valence-corrected chi connectivity index (χ3v) is 2.68. The van der Waals surface area contributed by atoms with Gasteiger partial charge < -0.3 is 14.2 Å². The molecule has 0 bridgehead atoms. The van der Waals surface area contributed by atoms with E-state index >= 15 is 0 Å². The molecule has 1 aromatic rings. The summed E-state index contributed by atoms with van der Waals surface area (Å²) in [4.78, 5) is 0. The SMILES string of the molecule is COCCOCCOCc1cc(C)c(F)cc1C. The summed E-state index contributed by atoms with van der Waals surface area (Å²) in [5.41, 5.74) is 2.58. The van der Waals surface area contributed by atoms with Crippen molar-refractivity contribution in [2.24, 2.45) is 0 Å². The molecule has 1 aromatic carbocycles. The maximum absolute atomic E-state index is 13.2. The fourth-order valence-electron chi connectivity index (χ4n) is 1.54. The standard InChI is InChI=1S/C14H21FO3/c1-11-9-14(15)12(2)8-13(11)10-18-7-6-17-5-4-16-3/h8-9H,4-7,10H2,1-3H3. The summed E-state index contributed by atoms with van der Waals surface area (Å²) in [6.45, 7) is 6.37. The van der Waals surface area contributed by atoms with Gasteiger partial charge in [0.05, 0.1) is 33.0 Å². The van der Waals surface area contributed by atoms with Gasteiger partial charge in [-0.2, -0.15) is 0 Å². The van der Waals surface area contributed by atoms with Crippen molar-refractivity contribution in [1.29, 1.82) is 0 Å². The summed E-state index contributed by atoms with van der Waals surface area (Å²) in [7, 11) is 1.64. The van der Waals surface area contributed by atoms with Crippen LogP contribution in [-0.4, -0.2) is 33.5 Å². The maximum atomic E-state index is 13.2. The van der Waals surface area contributed by atoms with E-state index in [1.165, 1.54) is 0 Å². The number of aryl methyl sites for hydroxylation is 2. The van der Waals surface area contributed by atoms with Gasteiger partial charge in [-0.3, -0.25) is 0 Å². The lowest BCUT2D eigenvalue weighted by molar-refractivity contribution is 0.0198. The molecule has 0 N–H and O–H groups in total. The van der Waals surface area contributed by atoms with Crippen molar-refractivity contribution in [3.63, 3.8) is 0 Å². The van der Waals surface area contributed by atoms with Crippen molar-refractivity contribution in [1.82, 2.24) is 0 Å². The maximum Gasteiger partial charge on any atom is 0.126 e. The first-order valence-electron chi connectivity index (χ1n) is 6.05. The van der Waals surface area contributed by atoms with Crippen LogP contribution >= 0.6 is 0 Å². The molecule has 3 nitrogen and oxygen atoms in total. The van der Waals surface area contributed by atoms with Gasteiger partial charge in [-0.1, -0.05) is 6.07 Å². The second-order valence-electron chi connectivity index (χ2n) is 4.19. The quantitative estimate of drug-likeness (QED) is 0.669. The van der Waals surface area contributed by atoms with Crippen molar-refractivity contribution in [2.45, 2.75) is 20.5 Å². The summed E-state index contributed by atoms with van der Waals surface area (Å²) < 4.78 is 28.9. The van der Waals surface area contributed by atoms with Crippen LogP contribution in [0.3, 0.4) is 0 Å². The zero-order valence-corrected chi connectivity index (χ0v) is 11.3. The number of hydrogen-bond acceptors (Lipinski definition) is 3. The van der Waals surface area contributed by atoms with Gasteiger partial charge in [0.1, 0.15) is 5.82 Å². The summed E-state index contributed by atoms with van der Waals surface area (Å²) in [5, 5.41) is 0. The molecule has 0 saturated carbocycles. The summed E-state index contributed by atoms with van der Waals surface area (Å²) in [5.74, 6) is -0.167. The minimum atomic E-state index is -0.167. The molecular formula is C14H21FO3. The van der Waals surface area contributed by atoms with Crippen LogP contribution in [0.15, 0.2) is 12.1 Å². The van der Waals surface area contributed by atoms with Crippen LogP contribution in [0.5, 0.6) is 0 Å². The van der Waals surface area contributed by atoms with Gasteiger partial charge in [0.2, 0.25) is 0 Å². The average Bonchev–Trinajstić information content (AvgIpc) is 2.34. The number of hydrogen-bond donors (Lipinski definition) is 0. The molecule has 4 heteroatoms. The van der Waals surface area contributed by atoms with Gasteiger partial charge in [0.25, 0.3) is 0 Å². The van der Waals surface area contributed by atoms with E-state index in [4.69, 9.17) is 14.2 Å². The number of ether oxygens (including phenoxy) is 3. The van der Waals surface area contributed by atoms with Crippen LogP contribution in [0.25, 0.3) is 0 Å². The Labute approximate surface area is 108 Å². The third kappa shape index (κ3) is 5.12. The number of halogens is 1. The first-order valence-corrected chi connectivity index (χ1v) is 6.05. The zero-order valence-electron chi connectivity index (χ0n) is 11.3. The van der Waals surface area contributed by atoms with Gasteiger partial charge in [0.15, 0.2) is 0 Å². The van der Waals surface area contributed by atoms with Crippen LogP contribution < -0.4 is 0 Å². The van der Waals surface area contributed by atoms with Crippen molar-refractivity contribution in [2.75, 3.05) is 33.5 Å². The van der Waals surface area contributed by atoms with Crippen LogP contribution in [-0.2, 0) is 20.8 Å². The van der Waals surface area contributed by atoms with E-state index in [9.17, 15) is 4.39 Å². The van der Waals surface area contributed by atoms with Gasteiger partial charge >= 0.3 is 0 Å². The van der Waals surface area contributed by atoms with E-state index in [1.807, 2.05) is 13.0 Å². The molecule has 0 atom stereocenters. The largest absolute Gasteiger partial charge is 0.382 e. The molecule has 0 aliphatic carbocycles. The number of benzene rings is 1. The Morgan fingerprint density at radius 3 is 2.33 bits per heavy atom. The molecule has 1 rings (SSSR count). The van der Waals surface area contributed by atoms with Gasteiger partial charge in [0, 0.05) is 7.11 Å². The molecule has 0 radical (unpaired) electrons. The minimum absolute atomic E-state index is 0.167. The first kappa shape index (κ1) is 15.1. The van der Waals surface area contributed by atoms with E-state index < -0.39 is 0 Å². The smallest absolute Gasteiger partial charge is 0.126 e. The normalized spacial score (nSPS) is 10.9. The lowest BCUT2D eigenvalue weighted by Gasteiger charge is -2.09. The van der Waals surface area contributed by atoms with Crippen molar-refractivity contribution < 1.29 is 18.6 Å². The molecule has 0 aromatic heterocycles. The highest BCUT2D eigenvalue weighted by Gasteiger charge is 2.04. The second-order valence-corrected chi connectivity index (χ2v) is 4.19. The van der Waals surface area contributed by atoms with Crippen LogP contribution in [0, 0.1) is 19.7 Å². The van der Waals surface area contributed by atoms with E-state index in [1.54, 1.807) is 20.1 Å². The van der Waals surface area contributed by atoms with Crippen molar-refractivity contribution >= 4 is 0 Å². The Hall–Kier alpha value is -0.970. The number of methoxy groups -OCH3 is 1. The third-order valence-electron chi connectivity index (χ3n) is 2.68. The molecule has 0 spiro atoms. The Bertz CT molecular complexity index is 366. The highest BCUT2D eigenvalue weighted by molar-refractivity contribution is 5.31. The van der Waals surface area contributed by atoms with E-state index in [0.717, 1.165) is 11.1 Å². The lowest BCUT2D eigenvalue weighted by atomic mass is 10.1. The summed E-state index contributed by atoms with van der Waals surface area (Å²) >= 11 is 0. The van der Waals surface area contributed by atoms with Crippen molar-refractivity contribution in [3.05, 3.63) is 34.6 Å². The highest BCUT2D eigenvalue weighted by Crippen LogP contribution is 2.15. The molecule has 0 aliphatic rings. The fourth-order valence-corrected chi connectivity index (χ4v) is 1.54. The minimum Gasteiger partial charge on any atom is -0.382 e. The zero-order chi connectivity index (χ0) is 13.4. The molecule has 102 valence electrons. The van der Waals surface area contributed by atoms with E-state index in [0.29, 0.717) is 38.6 Å². The monoisotopic (exact) mass is 256 g/mol. The molecular weight excluding hydrogens is 235 g/mol. The molecule has 0 saturated heterocycles. The fraction of sp³-hybridized carbons (Fsp3) is 0.571. The predicted molar refractivity (Wildman–Crippen MR) is 68.2 cm³/mol. The topological polar surface area (TPSA) is 27.7 Å². The average molecular weight is 256 g/mol. The predicted octanol–water partition coefficient (Wildman–Crippen LogP) is 2.62. The van der Waals surface area contributed by atoms with E-state index in [2.05, 4.69) is 0 Å². The highest BCUT2D eigenvalue weighted by atomic mass is 19.1. The van der Waals surface area contributed by atoms with E-state index in [-0.39, 0.29) is 5.82 Å². The van der Waals surface area contributed by atoms with Gasteiger partial charge in [-0.15, -0.1) is 0 Å². The second kappa shape index (κ2) is 8.19. The Morgan fingerprint density at radius 1 is 0.944 bits per heavy atom. The van der Waals surface area contributed by atoms with Crippen molar-refractivity contribution in [3.8, 4) is 0 Å². The molecule has 0 fully saturated rings. The Kier molecular flexibility index (Phi) is 6.86. The molecule has 0 heterocycles. The Balaban J connectivity index is 2.25. The van der Waals surface area contributed by atoms with Crippen LogP contribution in [0.2, 0.25) is 0 Å². The first-order chi connectivity index (χ1) is 8.65. The van der Waals surface area contributed by atoms with Gasteiger partial charge in [-0.05, 0) is 36.6 Å². The molecule has 0 aliphatic heterocycles. The molecule has 18 heavy (non-hydrogen) atoms. The lowest BCUT2D eigenvalue weighted by Crippen LogP contribution is -2.08. The summed E-state index contributed by atoms with van der Waals surface area (Å²) in [6.07, 6.45) is 0. The molecule has 0 unspecified atom stereocenters. The van der Waals surface area contributed by atoms with Crippen LogP contribution in [0.1, 0.15) is 16.7 Å². The summed E-state index contributed by atoms with van der Waals surface area (Å²) in [6, 6.07) is 3.37. The number of rotatable bonds is 8. The van der Waals surface area contributed by atoms with Gasteiger partial charge in [-0.25, -0.2) is 4.39 Å². The van der Waals surface area contributed by atoms with Crippen LogP contribution in [0.4, 0.5) is 4.39 Å².